The molecule has 66 valence electrons. The summed E-state index contributed by atoms with van der Waals surface area (Å²) in [5.41, 5.74) is 0.991. The van der Waals surface area contributed by atoms with Crippen molar-refractivity contribution >= 4 is 0 Å². The molecular formula is C9H10N4. The molecule has 2 heterocycles. The molecule has 0 spiro atoms. The summed E-state index contributed by atoms with van der Waals surface area (Å²) in [4.78, 5) is 8.32. The molecule has 0 aliphatic heterocycles. The molecule has 0 saturated carbocycles. The molecule has 0 unspecified atom stereocenters. The van der Waals surface area contributed by atoms with Crippen LogP contribution in [0.5, 0.6) is 0 Å². The molecule has 0 radical (unpaired) electrons. The fourth-order valence-electron chi connectivity index (χ4n) is 1.26. The topological polar surface area (TPSA) is 43.6 Å². The first-order valence-corrected chi connectivity index (χ1v) is 4.05. The van der Waals surface area contributed by atoms with Crippen molar-refractivity contribution in [3.05, 3.63) is 30.4 Å². The fourth-order valence-corrected chi connectivity index (χ4v) is 1.26. The first-order valence-electron chi connectivity index (χ1n) is 4.05. The lowest BCUT2D eigenvalue weighted by Crippen LogP contribution is -1.94. The van der Waals surface area contributed by atoms with Gasteiger partial charge in [0.2, 0.25) is 0 Å². The SMILES string of the molecule is Cc1nc(-c2cccnc2)n(C)n1. The third-order valence-corrected chi connectivity index (χ3v) is 1.79. The van der Waals surface area contributed by atoms with Crippen LogP contribution in [0.4, 0.5) is 0 Å². The Kier molecular flexibility index (Phi) is 1.81. The average molecular weight is 174 g/mol. The molecule has 13 heavy (non-hydrogen) atoms. The van der Waals surface area contributed by atoms with E-state index in [4.69, 9.17) is 0 Å². The Balaban J connectivity index is 2.53. The van der Waals surface area contributed by atoms with E-state index in [1.807, 2.05) is 26.1 Å². The summed E-state index contributed by atoms with van der Waals surface area (Å²) in [7, 11) is 1.88. The van der Waals surface area contributed by atoms with Gasteiger partial charge >= 0.3 is 0 Å². The smallest absolute Gasteiger partial charge is 0.159 e. The van der Waals surface area contributed by atoms with Crippen molar-refractivity contribution in [2.45, 2.75) is 6.92 Å². The summed E-state index contributed by atoms with van der Waals surface area (Å²) in [5, 5.41) is 4.17. The Morgan fingerprint density at radius 1 is 1.38 bits per heavy atom. The van der Waals surface area contributed by atoms with Gasteiger partial charge in [-0.25, -0.2) is 9.67 Å². The van der Waals surface area contributed by atoms with Crippen LogP contribution < -0.4 is 0 Å². The minimum atomic E-state index is 0.779. The van der Waals surface area contributed by atoms with Gasteiger partial charge in [0.15, 0.2) is 5.82 Å². The van der Waals surface area contributed by atoms with Crippen LogP contribution in [0.1, 0.15) is 5.82 Å². The molecule has 2 aromatic heterocycles. The van der Waals surface area contributed by atoms with E-state index in [1.165, 1.54) is 0 Å². The molecule has 0 bridgehead atoms. The summed E-state index contributed by atoms with van der Waals surface area (Å²) < 4.78 is 1.76. The molecule has 0 atom stereocenters. The molecule has 0 aliphatic carbocycles. The summed E-state index contributed by atoms with van der Waals surface area (Å²) in [6.07, 6.45) is 3.52. The van der Waals surface area contributed by atoms with Crippen LogP contribution in [0.2, 0.25) is 0 Å². The van der Waals surface area contributed by atoms with Gasteiger partial charge in [-0.05, 0) is 19.1 Å². The molecular weight excluding hydrogens is 164 g/mol. The van der Waals surface area contributed by atoms with E-state index in [9.17, 15) is 0 Å². The van der Waals surface area contributed by atoms with Gasteiger partial charge in [0.1, 0.15) is 5.82 Å². The van der Waals surface area contributed by atoms with Crippen LogP contribution in [0.3, 0.4) is 0 Å². The first-order chi connectivity index (χ1) is 6.27. The molecule has 2 aromatic rings. The van der Waals surface area contributed by atoms with E-state index in [1.54, 1.807) is 17.1 Å². The number of rotatable bonds is 1. The Hall–Kier alpha value is -1.71. The predicted molar refractivity (Wildman–Crippen MR) is 49.0 cm³/mol. The fraction of sp³-hybridized carbons (Fsp3) is 0.222. The highest BCUT2D eigenvalue weighted by atomic mass is 15.3. The quantitative estimate of drug-likeness (QED) is 0.652. The van der Waals surface area contributed by atoms with Crippen LogP contribution in [-0.2, 0) is 7.05 Å². The normalized spacial score (nSPS) is 10.3. The largest absolute Gasteiger partial charge is 0.264 e. The van der Waals surface area contributed by atoms with Gasteiger partial charge in [-0.2, -0.15) is 5.10 Å². The molecule has 0 aliphatic rings. The maximum absolute atomic E-state index is 4.29. The van der Waals surface area contributed by atoms with Crippen molar-refractivity contribution in [2.24, 2.45) is 7.05 Å². The Morgan fingerprint density at radius 3 is 2.77 bits per heavy atom. The minimum Gasteiger partial charge on any atom is -0.264 e. The highest BCUT2D eigenvalue weighted by Gasteiger charge is 2.05. The van der Waals surface area contributed by atoms with Crippen LogP contribution in [-0.4, -0.2) is 19.7 Å². The molecule has 0 N–H and O–H groups in total. The van der Waals surface area contributed by atoms with Gasteiger partial charge in [-0.3, -0.25) is 4.98 Å². The number of aryl methyl sites for hydroxylation is 2. The van der Waals surface area contributed by atoms with E-state index < -0.39 is 0 Å². The number of hydrogen-bond acceptors (Lipinski definition) is 3. The third kappa shape index (κ3) is 1.42. The van der Waals surface area contributed by atoms with Crippen molar-refractivity contribution in [3.63, 3.8) is 0 Å². The van der Waals surface area contributed by atoms with Gasteiger partial charge in [-0.1, -0.05) is 0 Å². The molecule has 4 nitrogen and oxygen atoms in total. The van der Waals surface area contributed by atoms with E-state index in [0.29, 0.717) is 0 Å². The van der Waals surface area contributed by atoms with Gasteiger partial charge in [0.05, 0.1) is 0 Å². The highest BCUT2D eigenvalue weighted by molar-refractivity contribution is 5.52. The molecule has 0 fully saturated rings. The van der Waals surface area contributed by atoms with E-state index in [0.717, 1.165) is 17.2 Å². The number of hydrogen-bond donors (Lipinski definition) is 0. The molecule has 0 saturated heterocycles. The maximum Gasteiger partial charge on any atom is 0.159 e. The van der Waals surface area contributed by atoms with Crippen LogP contribution in [0.15, 0.2) is 24.5 Å². The van der Waals surface area contributed by atoms with Crippen molar-refractivity contribution in [1.82, 2.24) is 19.7 Å². The van der Waals surface area contributed by atoms with E-state index >= 15 is 0 Å². The van der Waals surface area contributed by atoms with Crippen LogP contribution >= 0.6 is 0 Å². The van der Waals surface area contributed by atoms with Gasteiger partial charge in [-0.15, -0.1) is 0 Å². The average Bonchev–Trinajstić information content (AvgIpc) is 2.47. The van der Waals surface area contributed by atoms with Gasteiger partial charge < -0.3 is 0 Å². The predicted octanol–water partition coefficient (Wildman–Crippen LogP) is 1.19. The zero-order chi connectivity index (χ0) is 9.26. The zero-order valence-corrected chi connectivity index (χ0v) is 7.60. The Bertz CT molecular complexity index is 405. The van der Waals surface area contributed by atoms with Crippen molar-refractivity contribution in [2.75, 3.05) is 0 Å². The second-order valence-corrected chi connectivity index (χ2v) is 2.85. The Morgan fingerprint density at radius 2 is 2.23 bits per heavy atom. The molecule has 4 heteroatoms. The summed E-state index contributed by atoms with van der Waals surface area (Å²) in [6, 6.07) is 3.86. The van der Waals surface area contributed by atoms with Crippen molar-refractivity contribution in [3.8, 4) is 11.4 Å². The highest BCUT2D eigenvalue weighted by Crippen LogP contribution is 2.13. The second-order valence-electron chi connectivity index (χ2n) is 2.85. The molecule has 0 amide bonds. The third-order valence-electron chi connectivity index (χ3n) is 1.79. The van der Waals surface area contributed by atoms with E-state index in [-0.39, 0.29) is 0 Å². The Labute approximate surface area is 76.3 Å². The van der Waals surface area contributed by atoms with Crippen molar-refractivity contribution in [1.29, 1.82) is 0 Å². The molecule has 0 aromatic carbocycles. The van der Waals surface area contributed by atoms with Gasteiger partial charge in [0, 0.05) is 25.0 Å². The zero-order valence-electron chi connectivity index (χ0n) is 7.60. The van der Waals surface area contributed by atoms with Crippen molar-refractivity contribution < 1.29 is 0 Å². The van der Waals surface area contributed by atoms with Crippen LogP contribution in [0.25, 0.3) is 11.4 Å². The standard InChI is InChI=1S/C9H10N4/c1-7-11-9(13(2)12-7)8-4-3-5-10-6-8/h3-6H,1-2H3. The second kappa shape index (κ2) is 2.97. The lowest BCUT2D eigenvalue weighted by atomic mass is 10.3. The lowest BCUT2D eigenvalue weighted by molar-refractivity contribution is 0.763. The first kappa shape index (κ1) is 7.91. The number of nitrogens with zero attached hydrogens (tertiary/aromatic N) is 4. The summed E-state index contributed by atoms with van der Waals surface area (Å²) in [5.74, 6) is 1.63. The summed E-state index contributed by atoms with van der Waals surface area (Å²) >= 11 is 0. The minimum absolute atomic E-state index is 0.779. The molecule has 2 rings (SSSR count). The van der Waals surface area contributed by atoms with Crippen LogP contribution in [0, 0.1) is 6.92 Å². The number of aromatic nitrogens is 4. The van der Waals surface area contributed by atoms with Gasteiger partial charge in [0.25, 0.3) is 0 Å². The monoisotopic (exact) mass is 174 g/mol. The lowest BCUT2D eigenvalue weighted by Gasteiger charge is -1.97. The summed E-state index contributed by atoms with van der Waals surface area (Å²) in [6.45, 7) is 1.87. The number of pyridine rings is 1. The van der Waals surface area contributed by atoms with E-state index in [2.05, 4.69) is 15.1 Å². The maximum atomic E-state index is 4.29.